The SMILES string of the molecule is O=c1c2ccccc2n2c3cc4c(cc3c(=O)c3cccc1c32)c(=O)c1cccc2c(=O)c3ccccc3n4c21. The van der Waals surface area contributed by atoms with Crippen LogP contribution in [0.5, 0.6) is 0 Å². The van der Waals surface area contributed by atoms with E-state index >= 15 is 0 Å². The zero-order valence-corrected chi connectivity index (χ0v) is 20.8. The standard InChI is InChI=1S/C34H16N2O4/c37-31-17-7-1-3-13-25(17)35-27-16-28-24(15-23(27)33(39)21-11-5-9-19(31)29(21)35)34(40)22-12-6-10-20-30(22)36(28)26-14-4-2-8-18(26)32(20)38/h1-16H. The minimum absolute atomic E-state index is 0.130. The summed E-state index contributed by atoms with van der Waals surface area (Å²) in [5, 5.41) is 3.64. The number of nitrogens with zero attached hydrogens (tertiary/aromatic N) is 2. The van der Waals surface area contributed by atoms with Gasteiger partial charge in [0.15, 0.2) is 21.7 Å². The molecular formula is C34H16N2O4. The van der Waals surface area contributed by atoms with E-state index in [1.54, 1.807) is 54.6 Å². The second kappa shape index (κ2) is 7.07. The highest BCUT2D eigenvalue weighted by molar-refractivity contribution is 6.13. The van der Waals surface area contributed by atoms with Gasteiger partial charge in [-0.3, -0.25) is 19.2 Å². The Morgan fingerprint density at radius 3 is 1.10 bits per heavy atom. The Kier molecular flexibility index (Phi) is 3.77. The molecule has 4 aromatic heterocycles. The number of hydrogen-bond acceptors (Lipinski definition) is 4. The first-order chi connectivity index (χ1) is 19.5. The summed E-state index contributed by atoms with van der Waals surface area (Å²) in [6.45, 7) is 0. The number of benzene rings is 5. The van der Waals surface area contributed by atoms with Gasteiger partial charge in [0.1, 0.15) is 0 Å². The monoisotopic (exact) mass is 516 g/mol. The summed E-state index contributed by atoms with van der Waals surface area (Å²) in [5.41, 5.74) is 2.92. The summed E-state index contributed by atoms with van der Waals surface area (Å²) in [5.74, 6) is 0. The highest BCUT2D eigenvalue weighted by Crippen LogP contribution is 2.31. The van der Waals surface area contributed by atoms with Crippen LogP contribution in [0, 0.1) is 0 Å². The van der Waals surface area contributed by atoms with Crippen LogP contribution in [0.15, 0.2) is 116 Å². The van der Waals surface area contributed by atoms with Crippen LogP contribution < -0.4 is 21.7 Å². The Morgan fingerprint density at radius 2 is 0.675 bits per heavy atom. The van der Waals surface area contributed by atoms with Gasteiger partial charge in [0, 0.05) is 43.1 Å². The molecule has 0 radical (unpaired) electrons. The van der Waals surface area contributed by atoms with Crippen molar-refractivity contribution >= 4 is 76.2 Å². The van der Waals surface area contributed by atoms with Crippen LogP contribution in [-0.4, -0.2) is 8.80 Å². The lowest BCUT2D eigenvalue weighted by atomic mass is 9.99. The van der Waals surface area contributed by atoms with Crippen molar-refractivity contribution in [2.45, 2.75) is 0 Å². The van der Waals surface area contributed by atoms with E-state index in [1.165, 1.54) is 0 Å². The average Bonchev–Trinajstić information content (AvgIpc) is 3.00. The minimum atomic E-state index is -0.236. The molecule has 6 heteroatoms. The van der Waals surface area contributed by atoms with Crippen molar-refractivity contribution in [1.29, 1.82) is 0 Å². The summed E-state index contributed by atoms with van der Waals surface area (Å²) in [6, 6.07) is 28.7. The molecule has 40 heavy (non-hydrogen) atoms. The Labute approximate surface area is 222 Å². The Hall–Kier alpha value is -5.62. The molecule has 0 aliphatic rings. The van der Waals surface area contributed by atoms with Gasteiger partial charge in [-0.2, -0.15) is 0 Å². The minimum Gasteiger partial charge on any atom is -0.307 e. The molecule has 0 saturated heterocycles. The molecule has 9 aromatic rings. The first-order valence-corrected chi connectivity index (χ1v) is 13.0. The lowest BCUT2D eigenvalue weighted by Gasteiger charge is -2.17. The number of pyridine rings is 4. The van der Waals surface area contributed by atoms with Gasteiger partial charge < -0.3 is 8.80 Å². The summed E-state index contributed by atoms with van der Waals surface area (Å²) >= 11 is 0. The second-order valence-corrected chi connectivity index (χ2v) is 10.3. The predicted octanol–water partition coefficient (Wildman–Crippen LogP) is 5.43. The lowest BCUT2D eigenvalue weighted by Crippen LogP contribution is -2.16. The normalized spacial score (nSPS) is 12.4. The maximum absolute atomic E-state index is 14.0. The maximum atomic E-state index is 14.0. The molecule has 0 spiro atoms. The summed E-state index contributed by atoms with van der Waals surface area (Å²) in [6.07, 6.45) is 0. The highest BCUT2D eigenvalue weighted by atomic mass is 16.1. The molecule has 0 atom stereocenters. The third-order valence-electron chi connectivity index (χ3n) is 8.36. The third-order valence-corrected chi connectivity index (χ3v) is 8.36. The summed E-state index contributed by atoms with van der Waals surface area (Å²) in [4.78, 5) is 54.8. The number of aromatic nitrogens is 2. The van der Waals surface area contributed by atoms with Gasteiger partial charge in [0.25, 0.3) is 0 Å². The van der Waals surface area contributed by atoms with E-state index in [9.17, 15) is 19.2 Å². The molecule has 6 nitrogen and oxygen atoms in total. The van der Waals surface area contributed by atoms with Crippen LogP contribution in [0.4, 0.5) is 0 Å². The van der Waals surface area contributed by atoms with Gasteiger partial charge in [0.05, 0.1) is 33.1 Å². The number of rotatable bonds is 0. The van der Waals surface area contributed by atoms with Crippen molar-refractivity contribution in [3.05, 3.63) is 138 Å². The summed E-state index contributed by atoms with van der Waals surface area (Å²) in [7, 11) is 0. The zero-order valence-electron chi connectivity index (χ0n) is 20.8. The quantitative estimate of drug-likeness (QED) is 0.199. The third kappa shape index (κ3) is 2.35. The van der Waals surface area contributed by atoms with Crippen molar-refractivity contribution in [3.63, 3.8) is 0 Å². The topological polar surface area (TPSA) is 77.1 Å². The second-order valence-electron chi connectivity index (χ2n) is 10.3. The van der Waals surface area contributed by atoms with E-state index in [1.807, 2.05) is 51.3 Å². The fourth-order valence-electron chi connectivity index (χ4n) is 6.66. The van der Waals surface area contributed by atoms with Crippen LogP contribution in [0.25, 0.3) is 76.2 Å². The van der Waals surface area contributed by atoms with Gasteiger partial charge in [-0.05, 0) is 60.7 Å². The molecule has 0 saturated carbocycles. The van der Waals surface area contributed by atoms with Gasteiger partial charge in [-0.1, -0.05) is 36.4 Å². The Balaban J connectivity index is 1.70. The van der Waals surface area contributed by atoms with E-state index < -0.39 is 0 Å². The molecule has 0 fully saturated rings. The molecule has 0 aliphatic carbocycles. The zero-order chi connectivity index (χ0) is 26.9. The fourth-order valence-corrected chi connectivity index (χ4v) is 6.66. The van der Waals surface area contributed by atoms with Crippen LogP contribution in [0.2, 0.25) is 0 Å². The van der Waals surface area contributed by atoms with E-state index in [0.29, 0.717) is 76.2 Å². The van der Waals surface area contributed by atoms with Crippen LogP contribution >= 0.6 is 0 Å². The maximum Gasteiger partial charge on any atom is 0.197 e. The van der Waals surface area contributed by atoms with E-state index in [0.717, 1.165) is 0 Å². The van der Waals surface area contributed by atoms with Crippen molar-refractivity contribution in [1.82, 2.24) is 8.80 Å². The molecule has 0 bridgehead atoms. The average molecular weight is 517 g/mol. The molecular weight excluding hydrogens is 500 g/mol. The lowest BCUT2D eigenvalue weighted by molar-refractivity contribution is 1.29. The molecule has 5 aromatic carbocycles. The number of fused-ring (bicyclic) bond motifs is 8. The van der Waals surface area contributed by atoms with Crippen molar-refractivity contribution in [2.24, 2.45) is 0 Å². The molecule has 0 N–H and O–H groups in total. The van der Waals surface area contributed by atoms with E-state index in [-0.39, 0.29) is 21.7 Å². The molecule has 4 heterocycles. The number of para-hydroxylation sites is 4. The molecule has 0 unspecified atom stereocenters. The smallest absolute Gasteiger partial charge is 0.197 e. The van der Waals surface area contributed by atoms with Crippen molar-refractivity contribution in [3.8, 4) is 0 Å². The Morgan fingerprint density at radius 1 is 0.325 bits per heavy atom. The van der Waals surface area contributed by atoms with Crippen LogP contribution in [0.1, 0.15) is 0 Å². The van der Waals surface area contributed by atoms with Gasteiger partial charge >= 0.3 is 0 Å². The summed E-state index contributed by atoms with van der Waals surface area (Å²) < 4.78 is 3.93. The van der Waals surface area contributed by atoms with E-state index in [4.69, 9.17) is 0 Å². The first-order valence-electron chi connectivity index (χ1n) is 13.0. The molecule has 186 valence electrons. The first kappa shape index (κ1) is 21.3. The van der Waals surface area contributed by atoms with Crippen LogP contribution in [0.3, 0.4) is 0 Å². The molecule has 9 rings (SSSR count). The largest absolute Gasteiger partial charge is 0.307 e. The number of hydrogen-bond donors (Lipinski definition) is 0. The van der Waals surface area contributed by atoms with Crippen LogP contribution in [-0.2, 0) is 0 Å². The molecule has 0 aliphatic heterocycles. The highest BCUT2D eigenvalue weighted by Gasteiger charge is 2.21. The predicted molar refractivity (Wildman–Crippen MR) is 161 cm³/mol. The molecule has 0 amide bonds. The van der Waals surface area contributed by atoms with Crippen molar-refractivity contribution < 1.29 is 0 Å². The van der Waals surface area contributed by atoms with Gasteiger partial charge in [-0.15, -0.1) is 0 Å². The van der Waals surface area contributed by atoms with E-state index in [2.05, 4.69) is 0 Å². The van der Waals surface area contributed by atoms with Gasteiger partial charge in [-0.25, -0.2) is 0 Å². The Bertz CT molecular complexity index is 2660. The fraction of sp³-hybridized carbons (Fsp3) is 0. The van der Waals surface area contributed by atoms with Crippen molar-refractivity contribution in [2.75, 3.05) is 0 Å². The van der Waals surface area contributed by atoms with Gasteiger partial charge in [0.2, 0.25) is 0 Å².